The van der Waals surface area contributed by atoms with Crippen LogP contribution in [0.15, 0.2) is 133 Å². The molecule has 0 radical (unpaired) electrons. The molecule has 2 bridgehead atoms. The lowest BCUT2D eigenvalue weighted by Crippen LogP contribution is -2.53. The highest BCUT2D eigenvalue weighted by atomic mass is 16.5. The van der Waals surface area contributed by atoms with E-state index in [1.54, 1.807) is 79.8 Å². The summed E-state index contributed by atoms with van der Waals surface area (Å²) in [6.07, 6.45) is 3.16. The molecule has 5 atom stereocenters. The number of carbonyl (C=O) groups is 9. The van der Waals surface area contributed by atoms with E-state index in [-0.39, 0.29) is 76.0 Å². The van der Waals surface area contributed by atoms with Gasteiger partial charge in [-0.3, -0.25) is 33.6 Å². The number of cyclic esters (lactones) is 2. The zero-order valence-electron chi connectivity index (χ0n) is 53.1. The summed E-state index contributed by atoms with van der Waals surface area (Å²) in [5.41, 5.74) is 1.61. The molecular weight excluding hydrogens is 1170 g/mol. The maximum atomic E-state index is 15.0. The number of esters is 2. The Labute approximate surface area is 531 Å². The van der Waals surface area contributed by atoms with E-state index in [9.17, 15) is 43.5 Å². The van der Waals surface area contributed by atoms with Gasteiger partial charge in [0.05, 0.1) is 39.3 Å². The second kappa shape index (κ2) is 32.8. The number of piperidine rings is 1. The molecule has 91 heavy (non-hydrogen) atoms. The number of nitrogens with zero attached hydrogens (tertiary/aromatic N) is 4. The predicted molar refractivity (Wildman–Crippen MR) is 337 cm³/mol. The van der Waals surface area contributed by atoms with Gasteiger partial charge in [-0.15, -0.1) is 0 Å². The van der Waals surface area contributed by atoms with Gasteiger partial charge in [-0.25, -0.2) is 9.59 Å². The van der Waals surface area contributed by atoms with E-state index >= 15 is 4.79 Å². The lowest BCUT2D eigenvalue weighted by atomic mass is 9.87. The second-order valence-electron chi connectivity index (χ2n) is 23.5. The van der Waals surface area contributed by atoms with Gasteiger partial charge in [0.1, 0.15) is 42.0 Å². The first-order valence-electron chi connectivity index (χ1n) is 30.4. The molecule has 5 aromatic rings. The van der Waals surface area contributed by atoms with Gasteiger partial charge in [-0.05, 0) is 124 Å². The van der Waals surface area contributed by atoms with Crippen molar-refractivity contribution in [3.8, 4) is 28.7 Å². The van der Waals surface area contributed by atoms with E-state index in [1.165, 1.54) is 87.1 Å². The fourth-order valence-electron chi connectivity index (χ4n) is 11.2. The normalized spacial score (nSPS) is 21.0. The number of phenolic OH excluding ortho intramolecular Hbond substituents is 1. The molecule has 0 unspecified atom stereocenters. The number of amides is 5. The van der Waals surface area contributed by atoms with E-state index in [2.05, 4.69) is 5.32 Å². The van der Waals surface area contributed by atoms with Crippen molar-refractivity contribution in [1.29, 1.82) is 0 Å². The molecule has 2 N–H and O–H groups in total. The Morgan fingerprint density at radius 1 is 0.681 bits per heavy atom. The summed E-state index contributed by atoms with van der Waals surface area (Å²) in [6.45, 7) is 1.57. The summed E-state index contributed by atoms with van der Waals surface area (Å²) in [5.74, 6) is -5.69. The minimum Gasteiger partial charge on any atom is -0.508 e. The Hall–Kier alpha value is -9.53. The van der Waals surface area contributed by atoms with Crippen molar-refractivity contribution in [2.75, 3.05) is 75.3 Å². The van der Waals surface area contributed by atoms with Crippen molar-refractivity contribution >= 4 is 53.0 Å². The van der Waals surface area contributed by atoms with Crippen LogP contribution in [0.1, 0.15) is 86.3 Å². The molecule has 2 aliphatic heterocycles. The number of methoxy groups -OCH3 is 3. The fraction of sp³-hybridized carbons (Fsp3) is 0.414. The van der Waals surface area contributed by atoms with E-state index in [0.717, 1.165) is 17.2 Å². The monoisotopic (exact) mass is 1250 g/mol. The van der Waals surface area contributed by atoms with Crippen molar-refractivity contribution in [2.24, 2.45) is 11.3 Å². The predicted octanol–water partition coefficient (Wildman–Crippen LogP) is 7.03. The highest BCUT2D eigenvalue weighted by molar-refractivity contribution is 6.38. The number of Topliss-reactive ketones (excluding diaryl/α,β-unsaturated/α-hetero) is 2. The molecule has 2 aliphatic rings. The van der Waals surface area contributed by atoms with Crippen LogP contribution in [0, 0.1) is 11.3 Å². The lowest BCUT2D eigenvalue weighted by molar-refractivity contribution is -0.165. The smallest absolute Gasteiger partial charge is 0.330 e. The summed E-state index contributed by atoms with van der Waals surface area (Å²) in [6, 6.07) is 30.9. The van der Waals surface area contributed by atoms with Crippen LogP contribution < -0.4 is 24.3 Å². The van der Waals surface area contributed by atoms with Crippen LogP contribution in [0.3, 0.4) is 0 Å². The van der Waals surface area contributed by atoms with Gasteiger partial charge in [0.2, 0.25) is 23.5 Å². The minimum absolute atomic E-state index is 0.0120. The largest absolute Gasteiger partial charge is 0.508 e. The number of fused-ring (bicyclic) bond motifs is 3. The first-order valence-corrected chi connectivity index (χ1v) is 30.4. The van der Waals surface area contributed by atoms with Gasteiger partial charge in [-0.2, -0.15) is 0 Å². The maximum absolute atomic E-state index is 15.0. The Bertz CT molecular complexity index is 3390. The number of nitrogens with one attached hydrogen (secondary N) is 1. The number of ether oxygens (including phenoxy) is 6. The number of ketones is 2. The minimum atomic E-state index is -1.53. The van der Waals surface area contributed by atoms with Crippen LogP contribution >= 0.6 is 0 Å². The summed E-state index contributed by atoms with van der Waals surface area (Å²) < 4.78 is 35.2. The zero-order chi connectivity index (χ0) is 65.8. The third kappa shape index (κ3) is 19.0. The molecule has 21 heteroatoms. The molecule has 7 rings (SSSR count). The third-order valence-electron chi connectivity index (χ3n) is 16.4. The van der Waals surface area contributed by atoms with Crippen LogP contribution in [-0.4, -0.2) is 171 Å². The van der Waals surface area contributed by atoms with E-state index < -0.39 is 108 Å². The Morgan fingerprint density at radius 2 is 1.34 bits per heavy atom. The number of benzene rings is 5. The van der Waals surface area contributed by atoms with Crippen LogP contribution in [-0.2, 0) is 78.3 Å². The standard InChI is InChI=1S/C70H83N5O16/c1-70(2)45-90-63(80)27-16-17-36-72(3)67(83)54(39-47-22-13-10-14-23-47)71-61(78)43-73(4)66(82)50(38-46-20-11-9-12-21-46)42-57(77)56(40-48-28-30-51(76)31-29-48)74(5)62(79)44-89-52-25-19-24-49(41-52)58(33-32-53-59(86-6)34-35-60(87-7)64(53)88-8)91-69(85)55-26-15-18-37-75(55)68(84)65(70)81/h9-14,16,19-25,27-31,34-35,41,50,54-56,58,76H,15,17-18,26,32-33,36-40,42-45H2,1-8H3,(H,71,78)/t50-,54+,55-,56-,58+/m0/s1. The second-order valence-corrected chi connectivity index (χ2v) is 23.5. The molecule has 2 heterocycles. The molecule has 1 fully saturated rings. The van der Waals surface area contributed by atoms with Gasteiger partial charge in [0, 0.05) is 64.6 Å². The first-order chi connectivity index (χ1) is 43.6. The molecule has 0 spiro atoms. The van der Waals surface area contributed by atoms with E-state index in [1.807, 2.05) is 36.4 Å². The van der Waals surface area contributed by atoms with Crippen LogP contribution in [0.5, 0.6) is 28.7 Å². The van der Waals surface area contributed by atoms with Crippen LogP contribution in [0.4, 0.5) is 0 Å². The maximum Gasteiger partial charge on any atom is 0.330 e. The summed E-state index contributed by atoms with van der Waals surface area (Å²) in [5, 5.41) is 13.0. The number of hydrogen-bond acceptors (Lipinski definition) is 16. The topological polar surface area (TPSA) is 254 Å². The number of rotatable bonds is 12. The van der Waals surface area contributed by atoms with Crippen molar-refractivity contribution in [2.45, 2.75) is 102 Å². The number of phenols is 1. The van der Waals surface area contributed by atoms with E-state index in [4.69, 9.17) is 28.4 Å². The van der Waals surface area contributed by atoms with Crippen molar-refractivity contribution < 1.29 is 76.7 Å². The average molecular weight is 1250 g/mol. The van der Waals surface area contributed by atoms with Crippen molar-refractivity contribution in [3.05, 3.63) is 161 Å². The van der Waals surface area contributed by atoms with Gasteiger partial charge in [0.25, 0.3) is 11.8 Å². The van der Waals surface area contributed by atoms with Gasteiger partial charge in [0.15, 0.2) is 23.9 Å². The van der Waals surface area contributed by atoms with Crippen molar-refractivity contribution in [1.82, 2.24) is 24.9 Å². The summed E-state index contributed by atoms with van der Waals surface area (Å²) >= 11 is 0. The Balaban J connectivity index is 1.23. The quantitative estimate of drug-likeness (QED) is 0.0939. The molecule has 0 saturated carbocycles. The molecule has 484 valence electrons. The Kier molecular flexibility index (Phi) is 24.9. The number of carbonyl (C=O) groups excluding carboxylic acids is 9. The molecule has 0 aliphatic carbocycles. The fourth-order valence-corrected chi connectivity index (χ4v) is 11.2. The SMILES string of the molecule is COc1ccc(OC)c(OC)c1CC[C@H]1OC(=O)[C@@H]2CCCCN2C(=O)C(=O)C(C)(C)COC(=O)C=CCCN(C)C(=O)[C@@H](Cc2ccccc2)NC(=O)CN(C)C(=O)[C@@H](Cc2ccccc2)CC(=O)[C@H](Cc2ccc(O)cc2)N(C)C(=O)COc2cccc1c2. The molecular formula is C70H83N5O16. The number of aromatic hydroxyl groups is 1. The van der Waals surface area contributed by atoms with Gasteiger partial charge >= 0.3 is 11.9 Å². The molecule has 0 aromatic heterocycles. The van der Waals surface area contributed by atoms with Crippen molar-refractivity contribution in [3.63, 3.8) is 0 Å². The Morgan fingerprint density at radius 3 is 2.01 bits per heavy atom. The van der Waals surface area contributed by atoms with Crippen LogP contribution in [0.2, 0.25) is 0 Å². The summed E-state index contributed by atoms with van der Waals surface area (Å²) in [7, 11) is 8.95. The van der Waals surface area contributed by atoms with Gasteiger partial charge < -0.3 is 58.4 Å². The van der Waals surface area contributed by atoms with Crippen LogP contribution in [0.25, 0.3) is 0 Å². The first kappa shape index (κ1) is 69.0. The number of hydrogen-bond donors (Lipinski definition) is 2. The van der Waals surface area contributed by atoms with Gasteiger partial charge in [-0.1, -0.05) is 91.0 Å². The molecule has 21 nitrogen and oxygen atoms in total. The molecule has 1 saturated heterocycles. The van der Waals surface area contributed by atoms with E-state index in [0.29, 0.717) is 46.8 Å². The highest BCUT2D eigenvalue weighted by Crippen LogP contribution is 2.40. The molecule has 5 amide bonds. The average Bonchev–Trinajstić information content (AvgIpc) is 1.05. The highest BCUT2D eigenvalue weighted by Gasteiger charge is 2.43. The third-order valence-corrected chi connectivity index (χ3v) is 16.4. The lowest BCUT2D eigenvalue weighted by Gasteiger charge is -2.36. The summed E-state index contributed by atoms with van der Waals surface area (Å²) in [4.78, 5) is 134. The molecule has 5 aromatic carbocycles. The zero-order valence-corrected chi connectivity index (χ0v) is 53.1. The number of likely N-dealkylation sites (N-methyl/N-ethyl adjacent to an activating group) is 3.